The quantitative estimate of drug-likeness (QED) is 0.734. The summed E-state index contributed by atoms with van der Waals surface area (Å²) in [6.07, 6.45) is 13.9. The summed E-state index contributed by atoms with van der Waals surface area (Å²) in [5.41, 5.74) is 2.36. The van der Waals surface area contributed by atoms with Gasteiger partial charge < -0.3 is 9.80 Å². The van der Waals surface area contributed by atoms with E-state index in [1.165, 1.54) is 50.5 Å². The molecule has 1 saturated heterocycles. The van der Waals surface area contributed by atoms with Crippen molar-refractivity contribution >= 4 is 11.7 Å². The second kappa shape index (κ2) is 8.58. The van der Waals surface area contributed by atoms with Crippen molar-refractivity contribution in [1.82, 2.24) is 19.8 Å². The Morgan fingerprint density at radius 2 is 1.62 bits per heavy atom. The van der Waals surface area contributed by atoms with E-state index in [9.17, 15) is 4.79 Å². The van der Waals surface area contributed by atoms with Crippen molar-refractivity contribution in [2.75, 3.05) is 37.6 Å². The number of nitrogens with zero attached hydrogens (tertiary/aromatic N) is 5. The summed E-state index contributed by atoms with van der Waals surface area (Å²) in [7, 11) is 0. The van der Waals surface area contributed by atoms with E-state index in [0.717, 1.165) is 69.5 Å². The van der Waals surface area contributed by atoms with Gasteiger partial charge in [0.1, 0.15) is 12.1 Å². The molecule has 1 aromatic rings. The van der Waals surface area contributed by atoms with Gasteiger partial charge in [0.2, 0.25) is 5.91 Å². The third kappa shape index (κ3) is 4.00. The Labute approximate surface area is 174 Å². The number of amides is 1. The minimum absolute atomic E-state index is 0.236. The van der Waals surface area contributed by atoms with Gasteiger partial charge in [-0.15, -0.1) is 0 Å². The average Bonchev–Trinajstić information content (AvgIpc) is 3.01. The van der Waals surface area contributed by atoms with E-state index in [1.807, 2.05) is 0 Å². The zero-order valence-electron chi connectivity index (χ0n) is 17.7. The molecule has 3 fully saturated rings. The van der Waals surface area contributed by atoms with E-state index < -0.39 is 0 Å². The van der Waals surface area contributed by atoms with Crippen molar-refractivity contribution in [2.24, 2.45) is 5.92 Å². The van der Waals surface area contributed by atoms with E-state index >= 15 is 0 Å². The Morgan fingerprint density at radius 3 is 2.31 bits per heavy atom. The van der Waals surface area contributed by atoms with Gasteiger partial charge in [-0.25, -0.2) is 9.97 Å². The van der Waals surface area contributed by atoms with Crippen molar-refractivity contribution in [1.29, 1.82) is 0 Å². The number of carbonyl (C=O) groups excluding carboxylic acids is 1. The molecule has 4 aliphatic rings. The minimum atomic E-state index is 0.236. The van der Waals surface area contributed by atoms with E-state index in [4.69, 9.17) is 0 Å². The van der Waals surface area contributed by atoms with E-state index in [-0.39, 0.29) is 5.92 Å². The number of rotatable bonds is 3. The number of hydrogen-bond acceptors (Lipinski definition) is 5. The molecular formula is C23H35N5O. The van der Waals surface area contributed by atoms with Gasteiger partial charge in [0, 0.05) is 50.2 Å². The number of carbonyl (C=O) groups is 1. The highest BCUT2D eigenvalue weighted by Gasteiger charge is 2.32. The van der Waals surface area contributed by atoms with Gasteiger partial charge >= 0.3 is 0 Å². The highest BCUT2D eigenvalue weighted by molar-refractivity contribution is 5.79. The summed E-state index contributed by atoms with van der Waals surface area (Å²) in [4.78, 5) is 29.6. The van der Waals surface area contributed by atoms with Crippen LogP contribution in [-0.4, -0.2) is 64.4 Å². The summed E-state index contributed by atoms with van der Waals surface area (Å²) < 4.78 is 0. The molecule has 1 aromatic heterocycles. The Bertz CT molecular complexity index is 718. The lowest BCUT2D eigenvalue weighted by Crippen LogP contribution is -2.52. The number of fused-ring (bicyclic) bond motifs is 1. The molecule has 0 N–H and O–H groups in total. The van der Waals surface area contributed by atoms with Gasteiger partial charge in [0.15, 0.2) is 0 Å². The molecule has 6 nitrogen and oxygen atoms in total. The topological polar surface area (TPSA) is 52.6 Å². The minimum Gasteiger partial charge on any atom is -0.354 e. The Kier molecular flexibility index (Phi) is 5.71. The molecule has 0 spiro atoms. The van der Waals surface area contributed by atoms with Crippen LogP contribution in [0.1, 0.15) is 69.0 Å². The van der Waals surface area contributed by atoms with Gasteiger partial charge in [-0.1, -0.05) is 32.1 Å². The molecule has 2 saturated carbocycles. The maximum absolute atomic E-state index is 13.1. The van der Waals surface area contributed by atoms with Crippen molar-refractivity contribution in [2.45, 2.75) is 76.8 Å². The summed E-state index contributed by atoms with van der Waals surface area (Å²) in [6, 6.07) is 0.833. The Balaban J connectivity index is 1.25. The predicted octanol–water partition coefficient (Wildman–Crippen LogP) is 3.01. The molecule has 0 radical (unpaired) electrons. The number of anilines is 1. The number of piperazine rings is 1. The van der Waals surface area contributed by atoms with Gasteiger partial charge in [-0.05, 0) is 32.1 Å². The molecule has 2 aliphatic carbocycles. The molecule has 0 aromatic carbocycles. The largest absolute Gasteiger partial charge is 0.354 e. The molecule has 0 unspecified atom stereocenters. The molecule has 1 amide bonds. The summed E-state index contributed by atoms with van der Waals surface area (Å²) in [5.74, 6) is 1.73. The molecule has 6 heteroatoms. The van der Waals surface area contributed by atoms with Crippen LogP contribution in [0.15, 0.2) is 6.33 Å². The lowest BCUT2D eigenvalue weighted by atomic mass is 9.91. The van der Waals surface area contributed by atoms with Gasteiger partial charge in [-0.2, -0.15) is 0 Å². The first-order chi connectivity index (χ1) is 14.3. The van der Waals surface area contributed by atoms with Crippen LogP contribution in [0.25, 0.3) is 0 Å². The van der Waals surface area contributed by atoms with Gasteiger partial charge in [0.25, 0.3) is 0 Å². The van der Waals surface area contributed by atoms with E-state index in [2.05, 4.69) is 24.7 Å². The van der Waals surface area contributed by atoms with Crippen LogP contribution < -0.4 is 4.90 Å². The smallest absolute Gasteiger partial charge is 0.226 e. The van der Waals surface area contributed by atoms with Crippen molar-refractivity contribution in [3.05, 3.63) is 17.6 Å². The molecule has 0 bridgehead atoms. The van der Waals surface area contributed by atoms with Crippen molar-refractivity contribution in [3.8, 4) is 0 Å². The maximum atomic E-state index is 13.1. The highest BCUT2D eigenvalue weighted by atomic mass is 16.2. The summed E-state index contributed by atoms with van der Waals surface area (Å²) >= 11 is 0. The van der Waals surface area contributed by atoms with Crippen molar-refractivity contribution < 1.29 is 4.79 Å². The standard InChI is InChI=1S/C23H35N5O/c29-23(18-6-3-1-2-4-7-18)28-11-10-20-21(16-28)24-17-25-22(20)27-14-12-26(13-15-27)19-8-5-9-19/h17-19H,1-16H2. The predicted molar refractivity (Wildman–Crippen MR) is 114 cm³/mol. The molecule has 0 atom stereocenters. The normalized spacial score (nSPS) is 24.7. The van der Waals surface area contributed by atoms with Crippen LogP contribution >= 0.6 is 0 Å². The first-order valence-electron chi connectivity index (χ1n) is 11.9. The molecule has 29 heavy (non-hydrogen) atoms. The van der Waals surface area contributed by atoms with Gasteiger partial charge in [-0.3, -0.25) is 9.69 Å². The molecular weight excluding hydrogens is 362 g/mol. The monoisotopic (exact) mass is 397 g/mol. The summed E-state index contributed by atoms with van der Waals surface area (Å²) in [6.45, 7) is 5.91. The van der Waals surface area contributed by atoms with Crippen LogP contribution in [0.3, 0.4) is 0 Å². The molecule has 5 rings (SSSR count). The van der Waals surface area contributed by atoms with E-state index in [1.54, 1.807) is 6.33 Å². The highest BCUT2D eigenvalue weighted by Crippen LogP contribution is 2.31. The SMILES string of the molecule is O=C(C1CCCCCC1)N1CCc2c(ncnc2N2CCN(C3CCC3)CC2)C1. The number of hydrogen-bond donors (Lipinski definition) is 0. The van der Waals surface area contributed by atoms with Crippen LogP contribution in [0.5, 0.6) is 0 Å². The number of aromatic nitrogens is 2. The molecule has 158 valence electrons. The fourth-order valence-electron chi connectivity index (χ4n) is 5.63. The summed E-state index contributed by atoms with van der Waals surface area (Å²) in [5, 5.41) is 0. The van der Waals surface area contributed by atoms with Crippen LogP contribution in [0.4, 0.5) is 5.82 Å². The second-order valence-electron chi connectivity index (χ2n) is 9.43. The lowest BCUT2D eigenvalue weighted by Gasteiger charge is -2.43. The van der Waals surface area contributed by atoms with Crippen LogP contribution in [0, 0.1) is 5.92 Å². The maximum Gasteiger partial charge on any atom is 0.226 e. The van der Waals surface area contributed by atoms with E-state index in [0.29, 0.717) is 12.5 Å². The average molecular weight is 398 g/mol. The molecule has 3 heterocycles. The van der Waals surface area contributed by atoms with Crippen LogP contribution in [-0.2, 0) is 17.8 Å². The Morgan fingerprint density at radius 1 is 0.862 bits per heavy atom. The zero-order chi connectivity index (χ0) is 19.6. The third-order valence-electron chi connectivity index (χ3n) is 7.71. The zero-order valence-corrected chi connectivity index (χ0v) is 17.7. The Hall–Kier alpha value is -1.69. The van der Waals surface area contributed by atoms with Gasteiger partial charge in [0.05, 0.1) is 12.2 Å². The second-order valence-corrected chi connectivity index (χ2v) is 9.43. The lowest BCUT2D eigenvalue weighted by molar-refractivity contribution is -0.137. The fraction of sp³-hybridized carbons (Fsp3) is 0.783. The fourth-order valence-corrected chi connectivity index (χ4v) is 5.63. The van der Waals surface area contributed by atoms with Crippen LogP contribution in [0.2, 0.25) is 0 Å². The first kappa shape index (κ1) is 19.3. The molecule has 2 aliphatic heterocycles. The third-order valence-corrected chi connectivity index (χ3v) is 7.71. The van der Waals surface area contributed by atoms with Crippen molar-refractivity contribution in [3.63, 3.8) is 0 Å². The first-order valence-corrected chi connectivity index (χ1v) is 11.9.